The number of piperidine rings is 1. The summed E-state index contributed by atoms with van der Waals surface area (Å²) in [5, 5.41) is 20.5. The Morgan fingerprint density at radius 2 is 1.92 bits per heavy atom. The lowest BCUT2D eigenvalue weighted by Gasteiger charge is -2.52. The zero-order valence-electron chi connectivity index (χ0n) is 15.6. The number of nitriles is 1. The van der Waals surface area contributed by atoms with Gasteiger partial charge in [0.1, 0.15) is 0 Å². The Hall–Kier alpha value is -1.57. The number of hydrogen-bond donors (Lipinski definition) is 1. The molecule has 1 aromatic rings. The van der Waals surface area contributed by atoms with Crippen LogP contribution in [-0.2, 0) is 0 Å². The summed E-state index contributed by atoms with van der Waals surface area (Å²) < 4.78 is 0. The van der Waals surface area contributed by atoms with Crippen LogP contribution >= 0.6 is 0 Å². The Morgan fingerprint density at radius 3 is 2.56 bits per heavy atom. The van der Waals surface area contributed by atoms with Crippen molar-refractivity contribution in [2.24, 2.45) is 5.92 Å². The predicted molar refractivity (Wildman–Crippen MR) is 101 cm³/mol. The molecule has 4 nitrogen and oxygen atoms in total. The molecule has 3 unspecified atom stereocenters. The maximum absolute atomic E-state index is 11.2. The Bertz CT molecular complexity index is 605. The lowest BCUT2D eigenvalue weighted by atomic mass is 9.66. The molecule has 2 fully saturated rings. The fourth-order valence-electron chi connectivity index (χ4n) is 4.92. The van der Waals surface area contributed by atoms with Crippen molar-refractivity contribution in [3.8, 4) is 6.07 Å². The molecule has 2 aliphatic rings. The molecule has 25 heavy (non-hydrogen) atoms. The number of rotatable bonds is 5. The van der Waals surface area contributed by atoms with E-state index in [0.717, 1.165) is 45.3 Å². The van der Waals surface area contributed by atoms with Gasteiger partial charge in [0.15, 0.2) is 0 Å². The van der Waals surface area contributed by atoms with Gasteiger partial charge in [-0.25, -0.2) is 0 Å². The van der Waals surface area contributed by atoms with Crippen LogP contribution in [0, 0.1) is 17.2 Å². The zero-order valence-corrected chi connectivity index (χ0v) is 15.6. The second kappa shape index (κ2) is 7.76. The number of nitrogens with zero attached hydrogens (tertiary/aromatic N) is 3. The largest absolute Gasteiger partial charge is 0.389 e. The SMILES string of the molecule is CCN(CC)c1ccc(C2C3CCCCC3(O)CCN2CC#N)cc1. The Kier molecular flexibility index (Phi) is 5.66. The van der Waals surface area contributed by atoms with Gasteiger partial charge in [0.05, 0.1) is 18.2 Å². The van der Waals surface area contributed by atoms with Crippen molar-refractivity contribution in [1.29, 1.82) is 5.26 Å². The normalized spacial score (nSPS) is 29.7. The first-order chi connectivity index (χ1) is 12.1. The first-order valence-electron chi connectivity index (χ1n) is 9.81. The number of fused-ring (bicyclic) bond motifs is 1. The number of likely N-dealkylation sites (tertiary alicyclic amines) is 1. The van der Waals surface area contributed by atoms with Crippen LogP contribution in [0.1, 0.15) is 57.6 Å². The van der Waals surface area contributed by atoms with Crippen molar-refractivity contribution in [1.82, 2.24) is 4.90 Å². The molecule has 1 aliphatic heterocycles. The zero-order chi connectivity index (χ0) is 17.9. The average molecular weight is 341 g/mol. The van der Waals surface area contributed by atoms with E-state index in [1.165, 1.54) is 17.7 Å². The monoisotopic (exact) mass is 341 g/mol. The molecule has 1 aromatic carbocycles. The van der Waals surface area contributed by atoms with Gasteiger partial charge >= 0.3 is 0 Å². The van der Waals surface area contributed by atoms with E-state index in [1.54, 1.807) is 0 Å². The average Bonchev–Trinajstić information content (AvgIpc) is 2.64. The number of aliphatic hydroxyl groups is 1. The molecule has 136 valence electrons. The summed E-state index contributed by atoms with van der Waals surface area (Å²) in [7, 11) is 0. The summed E-state index contributed by atoms with van der Waals surface area (Å²) in [4.78, 5) is 4.62. The summed E-state index contributed by atoms with van der Waals surface area (Å²) in [6.07, 6.45) is 5.07. The van der Waals surface area contributed by atoms with E-state index in [1.807, 2.05) is 0 Å². The van der Waals surface area contributed by atoms with Crippen LogP contribution < -0.4 is 4.90 Å². The quantitative estimate of drug-likeness (QED) is 0.829. The van der Waals surface area contributed by atoms with Crippen molar-refractivity contribution >= 4 is 5.69 Å². The van der Waals surface area contributed by atoms with Crippen LogP contribution in [0.4, 0.5) is 5.69 Å². The van der Waals surface area contributed by atoms with Crippen molar-refractivity contribution < 1.29 is 5.11 Å². The van der Waals surface area contributed by atoms with E-state index in [4.69, 9.17) is 0 Å². The molecule has 1 N–H and O–H groups in total. The highest BCUT2D eigenvalue weighted by molar-refractivity contribution is 5.48. The maximum Gasteiger partial charge on any atom is 0.0871 e. The van der Waals surface area contributed by atoms with Crippen LogP contribution in [0.3, 0.4) is 0 Å². The third-order valence-electron chi connectivity index (χ3n) is 6.31. The van der Waals surface area contributed by atoms with Crippen molar-refractivity contribution in [3.63, 3.8) is 0 Å². The summed E-state index contributed by atoms with van der Waals surface area (Å²) >= 11 is 0. The highest BCUT2D eigenvalue weighted by atomic mass is 16.3. The minimum Gasteiger partial charge on any atom is -0.389 e. The number of hydrogen-bond acceptors (Lipinski definition) is 4. The van der Waals surface area contributed by atoms with E-state index in [-0.39, 0.29) is 12.0 Å². The van der Waals surface area contributed by atoms with Crippen molar-refractivity contribution in [2.75, 3.05) is 31.1 Å². The maximum atomic E-state index is 11.2. The minimum absolute atomic E-state index is 0.157. The van der Waals surface area contributed by atoms with Crippen LogP contribution in [0.2, 0.25) is 0 Å². The van der Waals surface area contributed by atoms with Gasteiger partial charge in [0, 0.05) is 37.3 Å². The Balaban J connectivity index is 1.91. The first kappa shape index (κ1) is 18.2. The second-order valence-electron chi connectivity index (χ2n) is 7.54. The lowest BCUT2D eigenvalue weighted by molar-refractivity contribution is -0.121. The molecule has 0 bridgehead atoms. The lowest BCUT2D eigenvalue weighted by Crippen LogP contribution is -2.54. The highest BCUT2D eigenvalue weighted by Crippen LogP contribution is 2.49. The topological polar surface area (TPSA) is 50.5 Å². The highest BCUT2D eigenvalue weighted by Gasteiger charge is 2.48. The minimum atomic E-state index is -0.549. The van der Waals surface area contributed by atoms with E-state index in [0.29, 0.717) is 6.54 Å². The fourth-order valence-corrected chi connectivity index (χ4v) is 4.92. The van der Waals surface area contributed by atoms with Gasteiger partial charge in [-0.1, -0.05) is 25.0 Å². The molecule has 1 heterocycles. The van der Waals surface area contributed by atoms with Crippen molar-refractivity contribution in [3.05, 3.63) is 29.8 Å². The summed E-state index contributed by atoms with van der Waals surface area (Å²) in [6, 6.07) is 11.3. The van der Waals surface area contributed by atoms with E-state index < -0.39 is 5.60 Å². The summed E-state index contributed by atoms with van der Waals surface area (Å²) in [6.45, 7) is 7.60. The third-order valence-corrected chi connectivity index (χ3v) is 6.31. The third kappa shape index (κ3) is 3.54. The van der Waals surface area contributed by atoms with Gasteiger partial charge in [-0.05, 0) is 50.8 Å². The van der Waals surface area contributed by atoms with Gasteiger partial charge in [-0.2, -0.15) is 5.26 Å². The Morgan fingerprint density at radius 1 is 1.20 bits per heavy atom. The van der Waals surface area contributed by atoms with Crippen LogP contribution in [0.15, 0.2) is 24.3 Å². The standard InChI is InChI=1S/C21H31N3O/c1-3-23(4-2)18-10-8-17(9-11-18)20-19-7-5-6-12-21(19,25)13-15-24(20)16-14-22/h8-11,19-20,25H,3-7,12-13,15-16H2,1-2H3. The number of benzene rings is 1. The van der Waals surface area contributed by atoms with Gasteiger partial charge in [-0.3, -0.25) is 4.90 Å². The van der Waals surface area contributed by atoms with Crippen LogP contribution in [-0.4, -0.2) is 41.8 Å². The molecular formula is C21H31N3O. The molecule has 0 radical (unpaired) electrons. The fraction of sp³-hybridized carbons (Fsp3) is 0.667. The second-order valence-corrected chi connectivity index (χ2v) is 7.54. The molecule has 3 rings (SSSR count). The van der Waals surface area contributed by atoms with Crippen LogP contribution in [0.5, 0.6) is 0 Å². The molecule has 1 aliphatic carbocycles. The van der Waals surface area contributed by atoms with Gasteiger partial charge in [0.2, 0.25) is 0 Å². The molecular weight excluding hydrogens is 310 g/mol. The van der Waals surface area contributed by atoms with E-state index >= 15 is 0 Å². The summed E-state index contributed by atoms with van der Waals surface area (Å²) in [5.41, 5.74) is 1.94. The van der Waals surface area contributed by atoms with Crippen LogP contribution in [0.25, 0.3) is 0 Å². The molecule has 1 saturated heterocycles. The van der Waals surface area contributed by atoms with Crippen molar-refractivity contribution in [2.45, 2.75) is 57.6 Å². The molecule has 1 saturated carbocycles. The number of anilines is 1. The molecule has 0 spiro atoms. The smallest absolute Gasteiger partial charge is 0.0871 e. The molecule has 0 aromatic heterocycles. The van der Waals surface area contributed by atoms with E-state index in [2.05, 4.69) is 54.0 Å². The molecule has 0 amide bonds. The first-order valence-corrected chi connectivity index (χ1v) is 9.81. The van der Waals surface area contributed by atoms with E-state index in [9.17, 15) is 10.4 Å². The van der Waals surface area contributed by atoms with Gasteiger partial charge in [-0.15, -0.1) is 0 Å². The predicted octanol–water partition coefficient (Wildman–Crippen LogP) is 3.72. The van der Waals surface area contributed by atoms with Gasteiger partial charge in [0.25, 0.3) is 0 Å². The molecule has 3 atom stereocenters. The summed E-state index contributed by atoms with van der Waals surface area (Å²) in [5.74, 6) is 0.239. The Labute approximate surface area is 152 Å². The molecule has 4 heteroatoms. The van der Waals surface area contributed by atoms with Gasteiger partial charge < -0.3 is 10.0 Å².